The van der Waals surface area contributed by atoms with Crippen molar-refractivity contribution in [1.82, 2.24) is 4.90 Å². The van der Waals surface area contributed by atoms with Gasteiger partial charge in [-0.3, -0.25) is 9.59 Å². The van der Waals surface area contributed by atoms with Crippen LogP contribution >= 0.6 is 0 Å². The molecule has 0 aromatic heterocycles. The van der Waals surface area contributed by atoms with Gasteiger partial charge in [0.1, 0.15) is 12.4 Å². The van der Waals surface area contributed by atoms with Crippen LogP contribution in [0.2, 0.25) is 0 Å². The molecule has 106 valence electrons. The van der Waals surface area contributed by atoms with E-state index in [4.69, 9.17) is 5.73 Å². The molecule has 1 rings (SSSR count). The van der Waals surface area contributed by atoms with Crippen molar-refractivity contribution in [3.05, 3.63) is 35.1 Å². The molecule has 20 heavy (non-hydrogen) atoms. The van der Waals surface area contributed by atoms with Crippen LogP contribution in [0.3, 0.4) is 0 Å². The molecule has 0 unspecified atom stereocenters. The van der Waals surface area contributed by atoms with E-state index >= 15 is 0 Å². The highest BCUT2D eigenvalue weighted by molar-refractivity contribution is 5.96. The summed E-state index contributed by atoms with van der Waals surface area (Å²) in [7, 11) is 2.60. The summed E-state index contributed by atoms with van der Waals surface area (Å²) in [5.41, 5.74) is 5.57. The molecular weight excluding hydrogens is 263 g/mol. The summed E-state index contributed by atoms with van der Waals surface area (Å²) in [4.78, 5) is 24.2. The van der Waals surface area contributed by atoms with E-state index < -0.39 is 17.7 Å². The maximum Gasteiger partial charge on any atom is 0.325 e. The van der Waals surface area contributed by atoms with Crippen molar-refractivity contribution in [1.29, 1.82) is 0 Å². The SMILES string of the molecule is COC(=O)CN(C)C(=O)c1cc(C#CCN)ccc1F. The number of methoxy groups -OCH3 is 1. The normalized spacial score (nSPS) is 9.40. The van der Waals surface area contributed by atoms with E-state index in [-0.39, 0.29) is 18.7 Å². The van der Waals surface area contributed by atoms with E-state index in [0.717, 1.165) is 11.0 Å². The summed E-state index contributed by atoms with van der Waals surface area (Å²) in [5, 5.41) is 0. The maximum atomic E-state index is 13.7. The summed E-state index contributed by atoms with van der Waals surface area (Å²) in [6, 6.07) is 3.93. The molecule has 0 fully saturated rings. The number of benzene rings is 1. The second-order valence-corrected chi connectivity index (χ2v) is 3.94. The Bertz CT molecular complexity index is 576. The Balaban J connectivity index is 2.99. The minimum atomic E-state index is -0.676. The van der Waals surface area contributed by atoms with Crippen molar-refractivity contribution in [2.45, 2.75) is 0 Å². The predicted octanol–water partition coefficient (Wildman–Crippen LogP) is 0.381. The number of carbonyl (C=O) groups excluding carboxylic acids is 2. The van der Waals surface area contributed by atoms with E-state index in [1.165, 1.54) is 26.3 Å². The Morgan fingerprint density at radius 1 is 1.45 bits per heavy atom. The molecule has 0 radical (unpaired) electrons. The smallest absolute Gasteiger partial charge is 0.325 e. The first-order valence-electron chi connectivity index (χ1n) is 5.80. The number of carbonyl (C=O) groups is 2. The lowest BCUT2D eigenvalue weighted by Gasteiger charge is -2.16. The topological polar surface area (TPSA) is 72.6 Å². The molecule has 0 aliphatic carbocycles. The Morgan fingerprint density at radius 3 is 2.75 bits per heavy atom. The molecular formula is C14H15FN2O3. The molecule has 0 spiro atoms. The molecule has 0 aliphatic heterocycles. The Hall–Kier alpha value is -2.39. The van der Waals surface area contributed by atoms with E-state index in [9.17, 15) is 14.0 Å². The van der Waals surface area contributed by atoms with Gasteiger partial charge in [-0.15, -0.1) is 0 Å². The molecule has 0 aliphatic rings. The van der Waals surface area contributed by atoms with E-state index in [1.54, 1.807) is 0 Å². The number of nitrogens with zero attached hydrogens (tertiary/aromatic N) is 1. The van der Waals surface area contributed by atoms with Gasteiger partial charge in [-0.1, -0.05) is 11.8 Å². The number of esters is 1. The number of nitrogens with two attached hydrogens (primary N) is 1. The van der Waals surface area contributed by atoms with Crippen LogP contribution in [0.1, 0.15) is 15.9 Å². The van der Waals surface area contributed by atoms with Gasteiger partial charge in [0.25, 0.3) is 5.91 Å². The number of halogens is 1. The molecule has 0 bridgehead atoms. The summed E-state index contributed by atoms with van der Waals surface area (Å²) in [6.45, 7) is -0.0869. The van der Waals surface area contributed by atoms with Gasteiger partial charge in [0.2, 0.25) is 0 Å². The van der Waals surface area contributed by atoms with E-state index in [1.807, 2.05) is 0 Å². The van der Waals surface area contributed by atoms with Gasteiger partial charge in [0, 0.05) is 12.6 Å². The molecule has 0 saturated carbocycles. The van der Waals surface area contributed by atoms with Crippen LogP contribution in [0.4, 0.5) is 4.39 Å². The highest BCUT2D eigenvalue weighted by atomic mass is 19.1. The first kappa shape index (κ1) is 15.7. The van der Waals surface area contributed by atoms with Gasteiger partial charge in [-0.25, -0.2) is 4.39 Å². The van der Waals surface area contributed by atoms with Crippen molar-refractivity contribution in [2.24, 2.45) is 5.73 Å². The Labute approximate surface area is 116 Å². The van der Waals surface area contributed by atoms with Gasteiger partial charge in [0.15, 0.2) is 0 Å². The van der Waals surface area contributed by atoms with Gasteiger partial charge in [-0.05, 0) is 18.2 Å². The van der Waals surface area contributed by atoms with Crippen LogP contribution < -0.4 is 5.73 Å². The fraction of sp³-hybridized carbons (Fsp3) is 0.286. The van der Waals surface area contributed by atoms with Gasteiger partial charge in [0.05, 0.1) is 19.2 Å². The minimum Gasteiger partial charge on any atom is -0.468 e. The van der Waals surface area contributed by atoms with Crippen molar-refractivity contribution in [3.8, 4) is 11.8 Å². The van der Waals surface area contributed by atoms with Crippen molar-refractivity contribution in [2.75, 3.05) is 27.2 Å². The average Bonchev–Trinajstić information content (AvgIpc) is 2.45. The second kappa shape index (κ2) is 7.26. The Morgan fingerprint density at radius 2 is 2.15 bits per heavy atom. The molecule has 1 aromatic carbocycles. The van der Waals surface area contributed by atoms with Crippen LogP contribution in [0.25, 0.3) is 0 Å². The lowest BCUT2D eigenvalue weighted by atomic mass is 10.1. The van der Waals surface area contributed by atoms with Gasteiger partial charge >= 0.3 is 5.97 Å². The zero-order valence-corrected chi connectivity index (χ0v) is 11.3. The average molecular weight is 278 g/mol. The largest absolute Gasteiger partial charge is 0.468 e. The highest BCUT2D eigenvalue weighted by Crippen LogP contribution is 2.12. The van der Waals surface area contributed by atoms with Crippen LogP contribution in [0.5, 0.6) is 0 Å². The van der Waals surface area contributed by atoms with Crippen molar-refractivity contribution in [3.63, 3.8) is 0 Å². The van der Waals surface area contributed by atoms with E-state index in [0.29, 0.717) is 5.56 Å². The molecule has 0 heterocycles. The van der Waals surface area contributed by atoms with E-state index in [2.05, 4.69) is 16.6 Å². The van der Waals surface area contributed by atoms with Gasteiger partial charge in [-0.2, -0.15) is 0 Å². The third kappa shape index (κ3) is 4.07. The predicted molar refractivity (Wildman–Crippen MR) is 71.3 cm³/mol. The quantitative estimate of drug-likeness (QED) is 0.641. The fourth-order valence-electron chi connectivity index (χ4n) is 1.46. The summed E-state index contributed by atoms with van der Waals surface area (Å²) in [6.07, 6.45) is 0. The first-order chi connectivity index (χ1) is 9.49. The number of rotatable bonds is 3. The number of likely N-dealkylation sites (N-methyl/N-ethyl adjacent to an activating group) is 1. The first-order valence-corrected chi connectivity index (χ1v) is 5.80. The lowest BCUT2D eigenvalue weighted by Crippen LogP contribution is -2.33. The van der Waals surface area contributed by atoms with Crippen molar-refractivity contribution < 1.29 is 18.7 Å². The van der Waals surface area contributed by atoms with Crippen LogP contribution in [0.15, 0.2) is 18.2 Å². The van der Waals surface area contributed by atoms with Crippen LogP contribution in [-0.2, 0) is 9.53 Å². The molecule has 1 amide bonds. The zero-order valence-electron chi connectivity index (χ0n) is 11.3. The van der Waals surface area contributed by atoms with Crippen LogP contribution in [0, 0.1) is 17.7 Å². The lowest BCUT2D eigenvalue weighted by molar-refractivity contribution is -0.141. The second-order valence-electron chi connectivity index (χ2n) is 3.94. The van der Waals surface area contributed by atoms with Gasteiger partial charge < -0.3 is 15.4 Å². The monoisotopic (exact) mass is 278 g/mol. The summed E-state index contributed by atoms with van der Waals surface area (Å²) < 4.78 is 18.1. The number of hydrogen-bond donors (Lipinski definition) is 1. The summed E-state index contributed by atoms with van der Waals surface area (Å²) >= 11 is 0. The number of hydrogen-bond acceptors (Lipinski definition) is 4. The summed E-state index contributed by atoms with van der Waals surface area (Å²) in [5.74, 6) is 3.45. The number of amides is 1. The molecule has 1 aromatic rings. The molecule has 2 N–H and O–H groups in total. The zero-order chi connectivity index (χ0) is 15.1. The van der Waals surface area contributed by atoms with Crippen LogP contribution in [-0.4, -0.2) is 44.0 Å². The van der Waals surface area contributed by atoms with Crippen molar-refractivity contribution >= 4 is 11.9 Å². The third-order valence-corrected chi connectivity index (χ3v) is 2.47. The maximum absolute atomic E-state index is 13.7. The molecule has 6 heteroatoms. The molecule has 0 saturated heterocycles. The Kier molecular flexibility index (Phi) is 5.69. The standard InChI is InChI=1S/C14H15FN2O3/c1-17(9-13(18)20-2)14(19)11-8-10(4-3-7-16)5-6-12(11)15/h5-6,8H,7,9,16H2,1-2H3. The number of ether oxygens (including phenoxy) is 1. The molecule has 0 atom stereocenters. The highest BCUT2D eigenvalue weighted by Gasteiger charge is 2.18. The fourth-order valence-corrected chi connectivity index (χ4v) is 1.46. The third-order valence-electron chi connectivity index (χ3n) is 2.47. The minimum absolute atomic E-state index is 0.153. The molecule has 5 nitrogen and oxygen atoms in total.